The second-order valence-electron chi connectivity index (χ2n) is 8.17. The monoisotopic (exact) mass is 445 g/mol. The van der Waals surface area contributed by atoms with Crippen LogP contribution in [0.5, 0.6) is 5.88 Å². The van der Waals surface area contributed by atoms with Gasteiger partial charge in [0.15, 0.2) is 0 Å². The highest BCUT2D eigenvalue weighted by molar-refractivity contribution is 5.92. The number of benzene rings is 1. The van der Waals surface area contributed by atoms with Crippen LogP contribution in [0, 0.1) is 5.82 Å². The van der Waals surface area contributed by atoms with Crippen LogP contribution in [0.15, 0.2) is 30.6 Å². The second-order valence-corrected chi connectivity index (χ2v) is 8.17. The molecule has 1 aliphatic heterocycles. The number of aromatic nitrogens is 3. The molecule has 0 amide bonds. The highest BCUT2D eigenvalue weighted by Gasteiger charge is 2.24. The Kier molecular flexibility index (Phi) is 6.45. The molecule has 1 unspecified atom stereocenters. The summed E-state index contributed by atoms with van der Waals surface area (Å²) in [4.78, 5) is 15.7. The lowest BCUT2D eigenvalue weighted by molar-refractivity contribution is 0.146. The van der Waals surface area contributed by atoms with Crippen LogP contribution in [0.4, 0.5) is 19.0 Å². The number of rotatable bonds is 6. The summed E-state index contributed by atoms with van der Waals surface area (Å²) in [5.41, 5.74) is 0.972. The first-order chi connectivity index (χ1) is 15.4. The lowest BCUT2D eigenvalue weighted by Gasteiger charge is -2.29. The first-order valence-corrected chi connectivity index (χ1v) is 10.6. The van der Waals surface area contributed by atoms with Crippen molar-refractivity contribution in [2.75, 3.05) is 32.6 Å². The van der Waals surface area contributed by atoms with E-state index < -0.39 is 23.8 Å². The molecular weight excluding hydrogens is 419 g/mol. The maximum absolute atomic E-state index is 14.7. The van der Waals surface area contributed by atoms with Crippen LogP contribution in [0.1, 0.15) is 55.0 Å². The van der Waals surface area contributed by atoms with Crippen LogP contribution in [0.25, 0.3) is 10.9 Å². The molecule has 170 valence electrons. The van der Waals surface area contributed by atoms with Crippen molar-refractivity contribution in [2.45, 2.75) is 38.2 Å². The maximum atomic E-state index is 14.7. The van der Waals surface area contributed by atoms with E-state index >= 15 is 0 Å². The zero-order valence-corrected chi connectivity index (χ0v) is 18.3. The number of pyridine rings is 1. The molecule has 0 spiro atoms. The van der Waals surface area contributed by atoms with Gasteiger partial charge in [0, 0.05) is 17.2 Å². The fraction of sp³-hybridized carbons (Fsp3) is 0.435. The number of alkyl halides is 2. The Labute approximate surface area is 184 Å². The molecule has 4 rings (SSSR count). The van der Waals surface area contributed by atoms with Crippen molar-refractivity contribution in [1.82, 2.24) is 19.9 Å². The number of fused-ring (bicyclic) bond motifs is 1. The van der Waals surface area contributed by atoms with E-state index in [4.69, 9.17) is 4.74 Å². The first-order valence-electron chi connectivity index (χ1n) is 10.6. The third-order valence-corrected chi connectivity index (χ3v) is 6.05. The molecule has 0 radical (unpaired) electrons. The van der Waals surface area contributed by atoms with E-state index in [0.29, 0.717) is 22.6 Å². The van der Waals surface area contributed by atoms with Crippen molar-refractivity contribution in [2.24, 2.45) is 0 Å². The Balaban J connectivity index is 1.71. The number of nitrogens with zero attached hydrogens (tertiary/aromatic N) is 4. The number of nitrogens with one attached hydrogen (secondary N) is 1. The summed E-state index contributed by atoms with van der Waals surface area (Å²) in [5.74, 6) is 0.252. The zero-order valence-electron chi connectivity index (χ0n) is 18.3. The van der Waals surface area contributed by atoms with E-state index in [-0.39, 0.29) is 11.5 Å². The average Bonchev–Trinajstić information content (AvgIpc) is 2.79. The molecule has 1 saturated heterocycles. The van der Waals surface area contributed by atoms with Gasteiger partial charge in [-0.2, -0.15) is 0 Å². The Morgan fingerprint density at radius 3 is 2.56 bits per heavy atom. The Hall–Kier alpha value is -2.94. The lowest BCUT2D eigenvalue weighted by Crippen LogP contribution is -2.29. The fourth-order valence-corrected chi connectivity index (χ4v) is 4.18. The molecule has 9 heteroatoms. The molecule has 1 fully saturated rings. The van der Waals surface area contributed by atoms with E-state index in [0.717, 1.165) is 37.7 Å². The van der Waals surface area contributed by atoms with Crippen LogP contribution in [-0.4, -0.2) is 47.1 Å². The summed E-state index contributed by atoms with van der Waals surface area (Å²) >= 11 is 0. The second kappa shape index (κ2) is 9.28. The normalized spacial score (nSPS) is 16.5. The van der Waals surface area contributed by atoms with Gasteiger partial charge in [-0.15, -0.1) is 0 Å². The minimum atomic E-state index is -2.88. The number of piperidine rings is 1. The summed E-state index contributed by atoms with van der Waals surface area (Å²) in [6, 6.07) is 5.38. The van der Waals surface area contributed by atoms with E-state index in [2.05, 4.69) is 32.2 Å². The first kappa shape index (κ1) is 22.3. The van der Waals surface area contributed by atoms with Gasteiger partial charge in [-0.1, -0.05) is 18.2 Å². The van der Waals surface area contributed by atoms with Crippen molar-refractivity contribution < 1.29 is 17.9 Å². The Morgan fingerprint density at radius 1 is 1.16 bits per heavy atom. The van der Waals surface area contributed by atoms with E-state index in [1.54, 1.807) is 14.0 Å². The molecule has 1 aliphatic rings. The predicted octanol–water partition coefficient (Wildman–Crippen LogP) is 5.09. The van der Waals surface area contributed by atoms with Crippen LogP contribution < -0.4 is 10.1 Å². The van der Waals surface area contributed by atoms with Gasteiger partial charge in [0.2, 0.25) is 5.88 Å². The van der Waals surface area contributed by atoms with Gasteiger partial charge in [0.05, 0.1) is 24.1 Å². The van der Waals surface area contributed by atoms with Crippen LogP contribution >= 0.6 is 0 Å². The minimum Gasteiger partial charge on any atom is -0.479 e. The van der Waals surface area contributed by atoms with Crippen molar-refractivity contribution in [1.29, 1.82) is 0 Å². The van der Waals surface area contributed by atoms with Crippen LogP contribution in [0.2, 0.25) is 0 Å². The topological polar surface area (TPSA) is 63.2 Å². The van der Waals surface area contributed by atoms with Gasteiger partial charge in [-0.05, 0) is 46.0 Å². The molecule has 6 nitrogen and oxygen atoms in total. The summed E-state index contributed by atoms with van der Waals surface area (Å²) < 4.78 is 46.4. The molecule has 0 bridgehead atoms. The number of halogens is 3. The Bertz CT molecular complexity index is 1100. The molecule has 0 saturated carbocycles. The highest BCUT2D eigenvalue weighted by atomic mass is 19.3. The molecule has 32 heavy (non-hydrogen) atoms. The number of likely N-dealkylation sites (tertiary alicyclic amines) is 1. The smallest absolute Gasteiger partial charge is 0.266 e. The summed E-state index contributed by atoms with van der Waals surface area (Å²) in [7, 11) is 3.65. The van der Waals surface area contributed by atoms with E-state index in [1.807, 2.05) is 6.07 Å². The molecule has 1 N–H and O–H groups in total. The molecule has 3 heterocycles. The summed E-state index contributed by atoms with van der Waals surface area (Å²) in [5, 5.41) is 3.87. The SMILES string of the molecule is COc1nc(C2CCN(C)CC2)cc2c(NC(C)c3cccc(C(F)F)c3F)ncnc12. The fourth-order valence-electron chi connectivity index (χ4n) is 4.18. The summed E-state index contributed by atoms with van der Waals surface area (Å²) in [6.07, 6.45) is 0.463. The van der Waals surface area contributed by atoms with E-state index in [1.165, 1.54) is 18.5 Å². The van der Waals surface area contributed by atoms with Gasteiger partial charge in [0.1, 0.15) is 23.5 Å². The standard InChI is InChI=1S/C23H26F3N5O/c1-13(15-5-4-6-16(19(15)24)21(25)26)29-22-17-11-18(14-7-9-31(2)10-8-14)30-23(32-3)20(17)27-12-28-22/h4-6,11-14,21H,7-10H2,1-3H3,(H,27,28,29). The Morgan fingerprint density at radius 2 is 1.88 bits per heavy atom. The summed E-state index contributed by atoms with van der Waals surface area (Å²) in [6.45, 7) is 3.68. The molecule has 2 aromatic heterocycles. The molecule has 0 aliphatic carbocycles. The van der Waals surface area contributed by atoms with E-state index in [9.17, 15) is 13.2 Å². The third-order valence-electron chi connectivity index (χ3n) is 6.05. The van der Waals surface area contributed by atoms with Crippen LogP contribution in [0.3, 0.4) is 0 Å². The number of hydrogen-bond acceptors (Lipinski definition) is 6. The predicted molar refractivity (Wildman–Crippen MR) is 117 cm³/mol. The van der Waals surface area contributed by atoms with Gasteiger partial charge < -0.3 is 15.0 Å². The molecular formula is C23H26F3N5O. The minimum absolute atomic E-state index is 0.145. The van der Waals surface area contributed by atoms with Crippen molar-refractivity contribution in [3.8, 4) is 5.88 Å². The largest absolute Gasteiger partial charge is 0.479 e. The molecule has 1 atom stereocenters. The zero-order chi connectivity index (χ0) is 22.8. The maximum Gasteiger partial charge on any atom is 0.266 e. The van der Waals surface area contributed by atoms with Gasteiger partial charge >= 0.3 is 0 Å². The number of methoxy groups -OCH3 is 1. The molecule has 1 aromatic carbocycles. The van der Waals surface area contributed by atoms with Gasteiger partial charge in [-0.25, -0.2) is 28.1 Å². The van der Waals surface area contributed by atoms with Gasteiger partial charge in [0.25, 0.3) is 6.43 Å². The van der Waals surface area contributed by atoms with Gasteiger partial charge in [-0.3, -0.25) is 0 Å². The quantitative estimate of drug-likeness (QED) is 0.570. The molecule has 3 aromatic rings. The van der Waals surface area contributed by atoms with Crippen molar-refractivity contribution >= 4 is 16.7 Å². The van der Waals surface area contributed by atoms with Crippen molar-refractivity contribution in [3.05, 3.63) is 53.2 Å². The van der Waals surface area contributed by atoms with Crippen molar-refractivity contribution in [3.63, 3.8) is 0 Å². The third kappa shape index (κ3) is 4.34. The lowest BCUT2D eigenvalue weighted by atomic mass is 9.92. The number of hydrogen-bond donors (Lipinski definition) is 1. The van der Waals surface area contributed by atoms with Crippen LogP contribution in [-0.2, 0) is 0 Å². The average molecular weight is 445 g/mol. The number of ether oxygens (including phenoxy) is 1. The number of anilines is 1. The highest BCUT2D eigenvalue weighted by Crippen LogP contribution is 2.35.